The molecule has 0 fully saturated rings. The van der Waals surface area contributed by atoms with Gasteiger partial charge >= 0.3 is 0 Å². The van der Waals surface area contributed by atoms with Gasteiger partial charge < -0.3 is 10.1 Å². The summed E-state index contributed by atoms with van der Waals surface area (Å²) in [5, 5.41) is 12.0. The molecule has 1 unspecified atom stereocenters. The summed E-state index contributed by atoms with van der Waals surface area (Å²) in [5.74, 6) is 0.0397. The normalized spacial score (nSPS) is 11.7. The van der Waals surface area contributed by atoms with Gasteiger partial charge in [-0.25, -0.2) is 14.4 Å². The van der Waals surface area contributed by atoms with Crippen molar-refractivity contribution in [3.63, 3.8) is 0 Å². The predicted octanol–water partition coefficient (Wildman–Crippen LogP) is 2.87. The minimum atomic E-state index is -0.659. The Morgan fingerprint density at radius 3 is 2.77 bits per heavy atom. The van der Waals surface area contributed by atoms with E-state index in [9.17, 15) is 4.39 Å². The highest BCUT2D eigenvalue weighted by atomic mass is 35.5. The molecule has 114 valence electrons. The van der Waals surface area contributed by atoms with Crippen molar-refractivity contribution >= 4 is 11.6 Å². The fourth-order valence-corrected chi connectivity index (χ4v) is 2.01. The molecule has 7 heteroatoms. The lowest BCUT2D eigenvalue weighted by molar-refractivity contribution is 0.184. The second-order valence-electron chi connectivity index (χ2n) is 4.48. The molecule has 1 heterocycles. The lowest BCUT2D eigenvalue weighted by Crippen LogP contribution is -2.18. The Balaban J connectivity index is 2.31. The van der Waals surface area contributed by atoms with Crippen molar-refractivity contribution in [2.45, 2.75) is 12.5 Å². The van der Waals surface area contributed by atoms with Crippen molar-refractivity contribution < 1.29 is 9.13 Å². The van der Waals surface area contributed by atoms with E-state index in [-0.39, 0.29) is 16.3 Å². The number of ether oxygens (including phenoxy) is 1. The number of hydrogen-bond donors (Lipinski definition) is 1. The zero-order valence-electron chi connectivity index (χ0n) is 11.9. The highest BCUT2D eigenvalue weighted by Gasteiger charge is 2.19. The summed E-state index contributed by atoms with van der Waals surface area (Å²) in [4.78, 5) is 8.34. The molecule has 2 aromatic rings. The zero-order chi connectivity index (χ0) is 15.9. The molecular weight excluding hydrogens is 307 g/mol. The van der Waals surface area contributed by atoms with E-state index in [1.54, 1.807) is 18.5 Å². The minimum Gasteiger partial charge on any atom is -0.481 e. The highest BCUT2D eigenvalue weighted by molar-refractivity contribution is 6.30. The summed E-state index contributed by atoms with van der Waals surface area (Å²) in [7, 11) is 1.82. The summed E-state index contributed by atoms with van der Waals surface area (Å²) in [6.45, 7) is 0.666. The SMILES string of the molecule is CNCCC(Oc1cc(Cl)c(F)cc1C#N)c1ncccn1. The molecule has 1 N–H and O–H groups in total. The van der Waals surface area contributed by atoms with E-state index in [2.05, 4.69) is 15.3 Å². The fraction of sp³-hybridized carbons (Fsp3) is 0.267. The molecular formula is C15H14ClFN4O. The van der Waals surface area contributed by atoms with Crippen LogP contribution in [0.25, 0.3) is 0 Å². The van der Waals surface area contributed by atoms with Gasteiger partial charge in [0.05, 0.1) is 10.6 Å². The van der Waals surface area contributed by atoms with Crippen LogP contribution in [0.2, 0.25) is 5.02 Å². The first-order chi connectivity index (χ1) is 10.7. The topological polar surface area (TPSA) is 70.8 Å². The van der Waals surface area contributed by atoms with Crippen molar-refractivity contribution in [2.75, 3.05) is 13.6 Å². The van der Waals surface area contributed by atoms with Crippen LogP contribution in [0.4, 0.5) is 4.39 Å². The summed E-state index contributed by atoms with van der Waals surface area (Å²) in [6.07, 6.45) is 3.34. The van der Waals surface area contributed by atoms with Gasteiger partial charge in [0.2, 0.25) is 0 Å². The van der Waals surface area contributed by atoms with E-state index in [1.165, 1.54) is 6.07 Å². The van der Waals surface area contributed by atoms with Crippen molar-refractivity contribution in [3.8, 4) is 11.8 Å². The first kappa shape index (κ1) is 16.1. The number of nitriles is 1. The van der Waals surface area contributed by atoms with E-state index < -0.39 is 11.9 Å². The van der Waals surface area contributed by atoms with Crippen LogP contribution < -0.4 is 10.1 Å². The highest BCUT2D eigenvalue weighted by Crippen LogP contribution is 2.30. The maximum absolute atomic E-state index is 13.4. The lowest BCUT2D eigenvalue weighted by atomic mass is 10.2. The fourth-order valence-electron chi connectivity index (χ4n) is 1.86. The third kappa shape index (κ3) is 3.91. The minimum absolute atomic E-state index is 0.0762. The van der Waals surface area contributed by atoms with Crippen LogP contribution >= 0.6 is 11.6 Å². The van der Waals surface area contributed by atoms with Gasteiger partial charge in [0.1, 0.15) is 17.6 Å². The van der Waals surface area contributed by atoms with Crippen LogP contribution in [0.15, 0.2) is 30.6 Å². The van der Waals surface area contributed by atoms with E-state index in [4.69, 9.17) is 21.6 Å². The number of nitrogens with zero attached hydrogens (tertiary/aromatic N) is 3. The monoisotopic (exact) mass is 320 g/mol. The average molecular weight is 321 g/mol. The summed E-state index contributed by atoms with van der Waals surface area (Å²) < 4.78 is 19.3. The maximum atomic E-state index is 13.4. The van der Waals surface area contributed by atoms with Gasteiger partial charge in [0.25, 0.3) is 0 Å². The molecule has 0 aliphatic rings. The molecule has 1 aromatic carbocycles. The number of halogens is 2. The molecule has 0 aliphatic carbocycles. The molecule has 0 radical (unpaired) electrons. The van der Waals surface area contributed by atoms with Crippen LogP contribution in [0.3, 0.4) is 0 Å². The molecule has 22 heavy (non-hydrogen) atoms. The molecule has 0 aliphatic heterocycles. The Labute approximate surface area is 132 Å². The third-order valence-electron chi connectivity index (χ3n) is 2.94. The van der Waals surface area contributed by atoms with Crippen molar-refractivity contribution in [1.82, 2.24) is 15.3 Å². The van der Waals surface area contributed by atoms with Crippen LogP contribution in [0, 0.1) is 17.1 Å². The van der Waals surface area contributed by atoms with Gasteiger partial charge in [-0.15, -0.1) is 0 Å². The van der Waals surface area contributed by atoms with Crippen LogP contribution in [0.5, 0.6) is 5.75 Å². The lowest BCUT2D eigenvalue weighted by Gasteiger charge is -2.18. The Bertz CT molecular complexity index is 675. The first-order valence-corrected chi connectivity index (χ1v) is 7.00. The molecule has 5 nitrogen and oxygen atoms in total. The largest absolute Gasteiger partial charge is 0.481 e. The van der Waals surface area contributed by atoms with Gasteiger partial charge in [0.15, 0.2) is 11.9 Å². The predicted molar refractivity (Wildman–Crippen MR) is 80.1 cm³/mol. The summed E-state index contributed by atoms with van der Waals surface area (Å²) in [5.41, 5.74) is 0.0762. The van der Waals surface area contributed by atoms with Gasteiger partial charge in [-0.2, -0.15) is 5.26 Å². The van der Waals surface area contributed by atoms with Crippen LogP contribution in [-0.4, -0.2) is 23.6 Å². The second-order valence-corrected chi connectivity index (χ2v) is 4.89. The first-order valence-electron chi connectivity index (χ1n) is 6.63. The maximum Gasteiger partial charge on any atom is 0.169 e. The van der Waals surface area contributed by atoms with E-state index >= 15 is 0 Å². The smallest absolute Gasteiger partial charge is 0.169 e. The van der Waals surface area contributed by atoms with E-state index in [1.807, 2.05) is 13.1 Å². The second kappa shape index (κ2) is 7.69. The number of benzene rings is 1. The zero-order valence-corrected chi connectivity index (χ0v) is 12.6. The molecule has 0 spiro atoms. The third-order valence-corrected chi connectivity index (χ3v) is 3.23. The number of rotatable bonds is 6. The van der Waals surface area contributed by atoms with Gasteiger partial charge in [-0.05, 0) is 25.7 Å². The average Bonchev–Trinajstić information content (AvgIpc) is 2.55. The van der Waals surface area contributed by atoms with Crippen molar-refractivity contribution in [1.29, 1.82) is 5.26 Å². The quantitative estimate of drug-likeness (QED) is 0.886. The number of nitrogens with one attached hydrogen (secondary N) is 1. The molecule has 1 aromatic heterocycles. The van der Waals surface area contributed by atoms with E-state index in [0.717, 1.165) is 6.07 Å². The van der Waals surface area contributed by atoms with Crippen LogP contribution in [-0.2, 0) is 0 Å². The Morgan fingerprint density at radius 2 is 2.14 bits per heavy atom. The van der Waals surface area contributed by atoms with Gasteiger partial charge in [-0.3, -0.25) is 0 Å². The molecule has 0 saturated carbocycles. The molecule has 0 saturated heterocycles. The Hall–Kier alpha value is -2.23. The summed E-state index contributed by atoms with van der Waals surface area (Å²) in [6, 6.07) is 5.95. The van der Waals surface area contributed by atoms with Crippen molar-refractivity contribution in [2.24, 2.45) is 0 Å². The van der Waals surface area contributed by atoms with E-state index in [0.29, 0.717) is 18.8 Å². The Kier molecular flexibility index (Phi) is 5.64. The number of hydrogen-bond acceptors (Lipinski definition) is 5. The van der Waals surface area contributed by atoms with Crippen molar-refractivity contribution in [3.05, 3.63) is 52.8 Å². The molecule has 2 rings (SSSR count). The number of aromatic nitrogens is 2. The van der Waals surface area contributed by atoms with Gasteiger partial charge in [0, 0.05) is 24.9 Å². The standard InChI is InChI=1S/C15H14ClFN4O/c1-19-6-3-13(15-20-4-2-5-21-15)22-14-8-11(16)12(17)7-10(14)9-18/h2,4-5,7-8,13,19H,3,6H2,1H3. The Morgan fingerprint density at radius 1 is 1.41 bits per heavy atom. The molecule has 1 atom stereocenters. The molecule has 0 bridgehead atoms. The molecule has 0 amide bonds. The van der Waals surface area contributed by atoms with Gasteiger partial charge in [-0.1, -0.05) is 11.6 Å². The summed E-state index contributed by atoms with van der Waals surface area (Å²) >= 11 is 5.77. The van der Waals surface area contributed by atoms with Crippen LogP contribution in [0.1, 0.15) is 23.9 Å².